The maximum absolute atomic E-state index is 2.38. The first-order chi connectivity index (χ1) is 4.70. The number of aryl methyl sites for hydroxylation is 1. The lowest BCUT2D eigenvalue weighted by atomic mass is 10.2. The molecule has 0 radical (unpaired) electrons. The van der Waals surface area contributed by atoms with E-state index in [2.05, 4.69) is 35.4 Å². The molecule has 1 rings (SSSR count). The standard InChI is InChI=1S/C7H13NSi2/c1-6-3-2-4-7(5-6)8(9)10/h2-5H,1,9-10H3. The Labute approximate surface area is 68.1 Å². The molecule has 0 saturated carbocycles. The molecule has 0 N–H and O–H groups in total. The molecule has 0 unspecified atom stereocenters. The van der Waals surface area contributed by atoms with Crippen LogP contribution in [-0.4, -0.2) is 20.8 Å². The normalized spacial score (nSPS) is 10.1. The van der Waals surface area contributed by atoms with E-state index in [0.29, 0.717) is 0 Å². The molecule has 0 heterocycles. The Morgan fingerprint density at radius 2 is 2.00 bits per heavy atom. The second-order valence-corrected chi connectivity index (χ2v) is 7.21. The molecule has 1 aromatic carbocycles. The highest BCUT2D eigenvalue weighted by Crippen LogP contribution is 2.10. The van der Waals surface area contributed by atoms with Crippen molar-refractivity contribution in [1.29, 1.82) is 0 Å². The molecule has 0 aliphatic carbocycles. The molecule has 1 aromatic rings. The van der Waals surface area contributed by atoms with Crippen molar-refractivity contribution in [1.82, 2.24) is 0 Å². The Morgan fingerprint density at radius 1 is 1.30 bits per heavy atom. The van der Waals surface area contributed by atoms with Crippen LogP contribution in [0.25, 0.3) is 0 Å². The summed E-state index contributed by atoms with van der Waals surface area (Å²) in [5, 5.41) is 0. The van der Waals surface area contributed by atoms with Crippen molar-refractivity contribution in [3.8, 4) is 0 Å². The predicted octanol–water partition coefficient (Wildman–Crippen LogP) is -0.638. The summed E-state index contributed by atoms with van der Waals surface area (Å²) in [7, 11) is 2.30. The summed E-state index contributed by atoms with van der Waals surface area (Å²) < 4.78 is 2.38. The van der Waals surface area contributed by atoms with E-state index >= 15 is 0 Å². The highest BCUT2D eigenvalue weighted by Gasteiger charge is 1.91. The Hall–Kier alpha value is -0.546. The van der Waals surface area contributed by atoms with Gasteiger partial charge in [0.2, 0.25) is 0 Å². The highest BCUT2D eigenvalue weighted by molar-refractivity contribution is 6.41. The summed E-state index contributed by atoms with van der Waals surface area (Å²) in [6.45, 7) is 2.14. The third kappa shape index (κ3) is 1.72. The van der Waals surface area contributed by atoms with Crippen LogP contribution in [0.15, 0.2) is 24.3 Å². The summed E-state index contributed by atoms with van der Waals surface area (Å²) in [4.78, 5) is 0. The molecule has 1 nitrogen and oxygen atoms in total. The van der Waals surface area contributed by atoms with E-state index in [1.807, 2.05) is 0 Å². The molecule has 54 valence electrons. The Bertz CT molecular complexity index is 223. The van der Waals surface area contributed by atoms with Gasteiger partial charge in [-0.3, -0.25) is 0 Å². The molecule has 0 bridgehead atoms. The van der Waals surface area contributed by atoms with Crippen molar-refractivity contribution in [3.63, 3.8) is 0 Å². The second kappa shape index (κ2) is 3.03. The Balaban J connectivity index is 2.96. The molecular weight excluding hydrogens is 154 g/mol. The van der Waals surface area contributed by atoms with Crippen molar-refractivity contribution in [3.05, 3.63) is 29.8 Å². The lowest BCUT2D eigenvalue weighted by molar-refractivity contribution is 1.45. The fourth-order valence-corrected chi connectivity index (χ4v) is 1.46. The van der Waals surface area contributed by atoms with Gasteiger partial charge in [0.1, 0.15) is 0 Å². The fraction of sp³-hybridized carbons (Fsp3) is 0.143. The first-order valence-corrected chi connectivity index (χ1v) is 5.23. The van der Waals surface area contributed by atoms with Gasteiger partial charge in [0.15, 0.2) is 0 Å². The van der Waals surface area contributed by atoms with Crippen molar-refractivity contribution >= 4 is 26.5 Å². The topological polar surface area (TPSA) is 3.24 Å². The van der Waals surface area contributed by atoms with Crippen molar-refractivity contribution in [2.24, 2.45) is 0 Å². The molecule has 3 heteroatoms. The van der Waals surface area contributed by atoms with Crippen LogP contribution in [0.1, 0.15) is 5.56 Å². The first kappa shape index (κ1) is 7.56. The van der Waals surface area contributed by atoms with E-state index in [4.69, 9.17) is 0 Å². The number of nitrogens with zero attached hydrogens (tertiary/aromatic N) is 1. The number of benzene rings is 1. The van der Waals surface area contributed by atoms with Gasteiger partial charge in [0, 0.05) is 5.69 Å². The van der Waals surface area contributed by atoms with Crippen LogP contribution in [0.2, 0.25) is 0 Å². The van der Waals surface area contributed by atoms with E-state index in [0.717, 1.165) is 20.8 Å². The van der Waals surface area contributed by atoms with Crippen LogP contribution in [0.4, 0.5) is 5.69 Å². The first-order valence-electron chi connectivity index (χ1n) is 3.44. The maximum Gasteiger partial charge on any atom is 0.0965 e. The third-order valence-corrected chi connectivity index (χ3v) is 2.55. The minimum absolute atomic E-state index is 1.15. The van der Waals surface area contributed by atoms with Crippen LogP contribution in [-0.2, 0) is 0 Å². The summed E-state index contributed by atoms with van der Waals surface area (Å²) >= 11 is 0. The second-order valence-electron chi connectivity index (χ2n) is 2.73. The predicted molar refractivity (Wildman–Crippen MR) is 53.5 cm³/mol. The summed E-state index contributed by atoms with van der Waals surface area (Å²) in [6.07, 6.45) is 0. The number of hydrogen-bond acceptors (Lipinski definition) is 1. The summed E-state index contributed by atoms with van der Waals surface area (Å²) in [6, 6.07) is 8.66. The van der Waals surface area contributed by atoms with Crippen molar-refractivity contribution in [2.45, 2.75) is 6.92 Å². The van der Waals surface area contributed by atoms with Crippen molar-refractivity contribution in [2.75, 3.05) is 4.23 Å². The average molecular weight is 167 g/mol. The van der Waals surface area contributed by atoms with Crippen LogP contribution >= 0.6 is 0 Å². The van der Waals surface area contributed by atoms with Gasteiger partial charge in [-0.25, -0.2) is 0 Å². The van der Waals surface area contributed by atoms with Crippen LogP contribution in [0.5, 0.6) is 0 Å². The highest BCUT2D eigenvalue weighted by atomic mass is 28.2. The van der Waals surface area contributed by atoms with E-state index in [1.165, 1.54) is 11.3 Å². The van der Waals surface area contributed by atoms with E-state index in [9.17, 15) is 0 Å². The molecule has 0 saturated heterocycles. The van der Waals surface area contributed by atoms with Gasteiger partial charge in [0.25, 0.3) is 0 Å². The molecular formula is C7H13NSi2. The third-order valence-electron chi connectivity index (χ3n) is 1.52. The number of hydrogen-bond donors (Lipinski definition) is 0. The minimum Gasteiger partial charge on any atom is -0.439 e. The number of rotatable bonds is 1. The molecule has 0 aliphatic rings. The van der Waals surface area contributed by atoms with Gasteiger partial charge in [-0.15, -0.1) is 0 Å². The zero-order valence-electron chi connectivity index (χ0n) is 6.76. The summed E-state index contributed by atoms with van der Waals surface area (Å²) in [5.74, 6) is 0. The monoisotopic (exact) mass is 167 g/mol. The van der Waals surface area contributed by atoms with E-state index in [1.54, 1.807) is 0 Å². The van der Waals surface area contributed by atoms with Gasteiger partial charge in [-0.1, -0.05) is 12.1 Å². The maximum atomic E-state index is 2.38. The molecule has 0 spiro atoms. The smallest absolute Gasteiger partial charge is 0.0965 e. The van der Waals surface area contributed by atoms with E-state index in [-0.39, 0.29) is 0 Å². The van der Waals surface area contributed by atoms with Gasteiger partial charge in [-0.2, -0.15) is 0 Å². The molecule has 0 fully saturated rings. The SMILES string of the molecule is Cc1cccc(N([SiH3])[SiH3])c1. The van der Waals surface area contributed by atoms with E-state index < -0.39 is 0 Å². The van der Waals surface area contributed by atoms with Crippen LogP contribution in [0, 0.1) is 6.92 Å². The average Bonchev–Trinajstić information content (AvgIpc) is 1.88. The lowest BCUT2D eigenvalue weighted by Gasteiger charge is -2.13. The Kier molecular flexibility index (Phi) is 2.29. The summed E-state index contributed by atoms with van der Waals surface area (Å²) in [5.41, 5.74) is 2.74. The van der Waals surface area contributed by atoms with Crippen LogP contribution in [0.3, 0.4) is 0 Å². The zero-order valence-corrected chi connectivity index (χ0v) is 10.8. The fourth-order valence-electron chi connectivity index (χ4n) is 0.906. The molecule has 0 atom stereocenters. The molecule has 0 amide bonds. The Morgan fingerprint density at radius 3 is 2.40 bits per heavy atom. The molecule has 0 aliphatic heterocycles. The van der Waals surface area contributed by atoms with Gasteiger partial charge in [-0.05, 0) is 24.6 Å². The number of anilines is 1. The molecule has 0 aromatic heterocycles. The zero-order chi connectivity index (χ0) is 7.56. The quantitative estimate of drug-likeness (QED) is 0.503. The van der Waals surface area contributed by atoms with Gasteiger partial charge < -0.3 is 4.23 Å². The van der Waals surface area contributed by atoms with Gasteiger partial charge in [0.05, 0.1) is 20.8 Å². The molecule has 10 heavy (non-hydrogen) atoms. The lowest BCUT2D eigenvalue weighted by Crippen LogP contribution is -2.13. The van der Waals surface area contributed by atoms with Crippen LogP contribution < -0.4 is 4.23 Å². The largest absolute Gasteiger partial charge is 0.439 e. The van der Waals surface area contributed by atoms with Crippen molar-refractivity contribution < 1.29 is 0 Å². The minimum atomic E-state index is 1.15. The van der Waals surface area contributed by atoms with Gasteiger partial charge >= 0.3 is 0 Å².